The molecule has 0 spiro atoms. The molecule has 1 aromatic carbocycles. The topological polar surface area (TPSA) is 73.9 Å². The Kier molecular flexibility index (Phi) is 7.10. The zero-order valence-electron chi connectivity index (χ0n) is 15.2. The Labute approximate surface area is 148 Å². The molecule has 0 heterocycles. The van der Waals surface area contributed by atoms with Gasteiger partial charge in [-0.1, -0.05) is 13.3 Å². The van der Waals surface area contributed by atoms with E-state index in [0.717, 1.165) is 25.7 Å². The molecular formula is C19H27NO5. The maximum absolute atomic E-state index is 12.3. The smallest absolute Gasteiger partial charge is 0.339 e. The summed E-state index contributed by atoms with van der Waals surface area (Å²) in [6.45, 7) is 6.58. The molecule has 0 bridgehead atoms. The van der Waals surface area contributed by atoms with E-state index < -0.39 is 12.1 Å². The lowest BCUT2D eigenvalue weighted by Crippen LogP contribution is -2.37. The first-order chi connectivity index (χ1) is 12.0. The molecule has 1 aliphatic rings. The summed E-state index contributed by atoms with van der Waals surface area (Å²) in [6.07, 6.45) is 3.13. The monoisotopic (exact) mass is 349 g/mol. The minimum Gasteiger partial charge on any atom is -0.490 e. The van der Waals surface area contributed by atoms with Gasteiger partial charge < -0.3 is 19.5 Å². The van der Waals surface area contributed by atoms with Crippen LogP contribution in [0.15, 0.2) is 18.2 Å². The molecule has 1 saturated carbocycles. The predicted molar refractivity (Wildman–Crippen MR) is 94.1 cm³/mol. The van der Waals surface area contributed by atoms with Crippen LogP contribution < -0.4 is 14.8 Å². The second-order valence-corrected chi connectivity index (χ2v) is 6.13. The van der Waals surface area contributed by atoms with Gasteiger partial charge in [0.25, 0.3) is 5.91 Å². The van der Waals surface area contributed by atoms with E-state index >= 15 is 0 Å². The standard InChI is InChI=1S/C19H27NO5/c1-4-6-11-24-16-10-7-14(12-17(16)23-5-2)19(22)25-13(3)18(21)20-15-8-9-15/h7,10,12-13,15H,4-6,8-9,11H2,1-3H3,(H,20,21). The van der Waals surface area contributed by atoms with Crippen molar-refractivity contribution in [3.8, 4) is 11.5 Å². The number of nitrogens with one attached hydrogen (secondary N) is 1. The van der Waals surface area contributed by atoms with Gasteiger partial charge in [0.05, 0.1) is 18.8 Å². The first-order valence-electron chi connectivity index (χ1n) is 8.96. The minimum atomic E-state index is -0.830. The number of benzene rings is 1. The average Bonchev–Trinajstić information content (AvgIpc) is 3.40. The van der Waals surface area contributed by atoms with Crippen LogP contribution in [0.5, 0.6) is 11.5 Å². The van der Waals surface area contributed by atoms with E-state index in [2.05, 4.69) is 12.2 Å². The number of rotatable bonds is 10. The van der Waals surface area contributed by atoms with Crippen molar-refractivity contribution >= 4 is 11.9 Å². The van der Waals surface area contributed by atoms with Gasteiger partial charge in [0.15, 0.2) is 17.6 Å². The second kappa shape index (κ2) is 9.30. The highest BCUT2D eigenvalue weighted by Crippen LogP contribution is 2.29. The molecule has 1 fully saturated rings. The predicted octanol–water partition coefficient (Wildman–Crippen LogP) is 3.09. The van der Waals surface area contributed by atoms with Crippen molar-refractivity contribution < 1.29 is 23.8 Å². The van der Waals surface area contributed by atoms with Gasteiger partial charge >= 0.3 is 5.97 Å². The van der Waals surface area contributed by atoms with Crippen LogP contribution in [0.1, 0.15) is 56.8 Å². The van der Waals surface area contributed by atoms with E-state index in [1.54, 1.807) is 25.1 Å². The Morgan fingerprint density at radius 3 is 2.60 bits per heavy atom. The number of hydrogen-bond acceptors (Lipinski definition) is 5. The molecule has 6 heteroatoms. The van der Waals surface area contributed by atoms with Gasteiger partial charge in [0.2, 0.25) is 0 Å². The van der Waals surface area contributed by atoms with Crippen LogP contribution in [0, 0.1) is 0 Å². The van der Waals surface area contributed by atoms with E-state index in [-0.39, 0.29) is 11.9 Å². The summed E-state index contributed by atoms with van der Waals surface area (Å²) in [5, 5.41) is 2.82. The van der Waals surface area contributed by atoms with Gasteiger partial charge in [-0.05, 0) is 51.3 Å². The summed E-state index contributed by atoms with van der Waals surface area (Å²) in [4.78, 5) is 24.2. The van der Waals surface area contributed by atoms with Crippen molar-refractivity contribution in [3.05, 3.63) is 23.8 Å². The van der Waals surface area contributed by atoms with Crippen molar-refractivity contribution in [1.29, 1.82) is 0 Å². The number of esters is 1. The Morgan fingerprint density at radius 1 is 1.20 bits per heavy atom. The van der Waals surface area contributed by atoms with E-state index in [9.17, 15) is 9.59 Å². The summed E-state index contributed by atoms with van der Waals surface area (Å²) in [5.41, 5.74) is 0.331. The van der Waals surface area contributed by atoms with E-state index in [0.29, 0.717) is 30.3 Å². The molecule has 0 saturated heterocycles. The maximum Gasteiger partial charge on any atom is 0.339 e. The van der Waals surface area contributed by atoms with Gasteiger partial charge in [0.1, 0.15) is 0 Å². The number of ether oxygens (including phenoxy) is 3. The number of amides is 1. The highest BCUT2D eigenvalue weighted by atomic mass is 16.5. The second-order valence-electron chi connectivity index (χ2n) is 6.13. The van der Waals surface area contributed by atoms with Crippen LogP contribution in [0.2, 0.25) is 0 Å². The Balaban J connectivity index is 1.99. The van der Waals surface area contributed by atoms with Crippen LogP contribution in [0.3, 0.4) is 0 Å². The van der Waals surface area contributed by atoms with Gasteiger partial charge in [-0.25, -0.2) is 4.79 Å². The molecule has 1 amide bonds. The summed E-state index contributed by atoms with van der Waals surface area (Å²) >= 11 is 0. The first-order valence-corrected chi connectivity index (χ1v) is 8.96. The van der Waals surface area contributed by atoms with E-state index in [1.165, 1.54) is 0 Å². The lowest BCUT2D eigenvalue weighted by Gasteiger charge is -2.15. The summed E-state index contributed by atoms with van der Waals surface area (Å²) in [6, 6.07) is 5.15. The normalized spacial score (nSPS) is 14.5. The zero-order valence-corrected chi connectivity index (χ0v) is 15.2. The van der Waals surface area contributed by atoms with Crippen LogP contribution >= 0.6 is 0 Å². The number of hydrogen-bond donors (Lipinski definition) is 1. The highest BCUT2D eigenvalue weighted by Gasteiger charge is 2.27. The number of unbranched alkanes of at least 4 members (excludes halogenated alkanes) is 1. The Hall–Kier alpha value is -2.24. The van der Waals surface area contributed by atoms with Crippen LogP contribution in [-0.2, 0) is 9.53 Å². The first kappa shape index (κ1) is 19.1. The van der Waals surface area contributed by atoms with Crippen LogP contribution in [0.25, 0.3) is 0 Å². The SMILES string of the molecule is CCCCOc1ccc(C(=O)OC(C)C(=O)NC2CC2)cc1OCC. The van der Waals surface area contributed by atoms with Gasteiger partial charge in [-0.3, -0.25) is 4.79 Å². The molecule has 1 aromatic rings. The van der Waals surface area contributed by atoms with Crippen molar-refractivity contribution in [2.24, 2.45) is 0 Å². The van der Waals surface area contributed by atoms with Crippen molar-refractivity contribution in [2.75, 3.05) is 13.2 Å². The van der Waals surface area contributed by atoms with Crippen molar-refractivity contribution in [3.63, 3.8) is 0 Å². The van der Waals surface area contributed by atoms with Crippen LogP contribution in [-0.4, -0.2) is 37.2 Å². The van der Waals surface area contributed by atoms with Crippen molar-refractivity contribution in [1.82, 2.24) is 5.32 Å². The lowest BCUT2D eigenvalue weighted by molar-refractivity contribution is -0.129. The fraction of sp³-hybridized carbons (Fsp3) is 0.579. The molecular weight excluding hydrogens is 322 g/mol. The number of carbonyl (C=O) groups excluding carboxylic acids is 2. The molecule has 0 aliphatic heterocycles. The Morgan fingerprint density at radius 2 is 1.96 bits per heavy atom. The Bertz CT molecular complexity index is 597. The molecule has 1 unspecified atom stereocenters. The molecule has 138 valence electrons. The molecule has 1 aliphatic carbocycles. The van der Waals surface area contributed by atoms with Gasteiger partial charge in [-0.15, -0.1) is 0 Å². The summed E-state index contributed by atoms with van der Waals surface area (Å²) in [7, 11) is 0. The summed E-state index contributed by atoms with van der Waals surface area (Å²) < 4.78 is 16.5. The van der Waals surface area contributed by atoms with Crippen LogP contribution in [0.4, 0.5) is 0 Å². The largest absolute Gasteiger partial charge is 0.490 e. The van der Waals surface area contributed by atoms with Gasteiger partial charge in [-0.2, -0.15) is 0 Å². The third kappa shape index (κ3) is 5.96. The fourth-order valence-electron chi connectivity index (χ4n) is 2.18. The minimum absolute atomic E-state index is 0.234. The van der Waals surface area contributed by atoms with Gasteiger partial charge in [0, 0.05) is 6.04 Å². The molecule has 2 rings (SSSR count). The molecule has 6 nitrogen and oxygen atoms in total. The quantitative estimate of drug-likeness (QED) is 0.519. The third-order valence-electron chi connectivity index (χ3n) is 3.81. The van der Waals surface area contributed by atoms with E-state index in [4.69, 9.17) is 14.2 Å². The molecule has 1 N–H and O–H groups in total. The maximum atomic E-state index is 12.3. The fourth-order valence-corrected chi connectivity index (χ4v) is 2.18. The number of carbonyl (C=O) groups is 2. The highest BCUT2D eigenvalue weighted by molar-refractivity contribution is 5.93. The third-order valence-corrected chi connectivity index (χ3v) is 3.81. The molecule has 0 aromatic heterocycles. The molecule has 0 radical (unpaired) electrons. The van der Waals surface area contributed by atoms with E-state index in [1.807, 2.05) is 6.92 Å². The zero-order chi connectivity index (χ0) is 18.2. The van der Waals surface area contributed by atoms with Crippen molar-refractivity contribution in [2.45, 2.75) is 58.6 Å². The average molecular weight is 349 g/mol. The lowest BCUT2D eigenvalue weighted by atomic mass is 10.2. The summed E-state index contributed by atoms with van der Waals surface area (Å²) in [5.74, 6) is 0.287. The molecule has 1 atom stereocenters. The molecule has 25 heavy (non-hydrogen) atoms.